The van der Waals surface area contributed by atoms with Gasteiger partial charge in [0.1, 0.15) is 16.9 Å². The van der Waals surface area contributed by atoms with E-state index in [1.807, 2.05) is 45.2 Å². The van der Waals surface area contributed by atoms with Crippen LogP contribution in [0.15, 0.2) is 36.5 Å². The molecule has 1 aromatic carbocycles. The number of piperidine rings is 1. The number of hydrogen-bond acceptors (Lipinski definition) is 7. The molecule has 0 N–H and O–H groups in total. The quantitative estimate of drug-likeness (QED) is 0.492. The minimum Gasteiger partial charge on any atom is -0.443 e. The maximum Gasteiger partial charge on any atom is 0.420 e. The summed E-state index contributed by atoms with van der Waals surface area (Å²) in [5, 5.41) is 0. The van der Waals surface area contributed by atoms with E-state index in [-0.39, 0.29) is 12.1 Å². The van der Waals surface area contributed by atoms with Crippen LogP contribution in [0.5, 0.6) is 0 Å². The number of hydrogen-bond donors (Lipinski definition) is 0. The molecule has 8 heteroatoms. The SMILES string of the molecule is CN1CCN(c2cccc3c2nc(CN2CCC[C@@H]4CCc5cccnc5[C@@H]42)n3C(=O)OC(C)(C)C)CC1. The fraction of sp³-hybridized carbons (Fsp3) is 0.567. The average Bonchev–Trinajstić information content (AvgIpc) is 3.26. The number of likely N-dealkylation sites (tertiary alicyclic amines) is 1. The Labute approximate surface area is 225 Å². The molecular weight excluding hydrogens is 476 g/mol. The summed E-state index contributed by atoms with van der Waals surface area (Å²) >= 11 is 0. The topological polar surface area (TPSA) is 66.7 Å². The summed E-state index contributed by atoms with van der Waals surface area (Å²) in [6.45, 7) is 11.2. The highest BCUT2D eigenvalue weighted by atomic mass is 16.6. The third-order valence-electron chi connectivity index (χ3n) is 8.35. The maximum atomic E-state index is 13.7. The Bertz CT molecular complexity index is 1320. The Kier molecular flexibility index (Phi) is 6.64. The number of anilines is 1. The molecule has 8 nitrogen and oxygen atoms in total. The molecule has 2 aromatic heterocycles. The highest BCUT2D eigenvalue weighted by Crippen LogP contribution is 2.43. The fourth-order valence-corrected chi connectivity index (χ4v) is 6.53. The summed E-state index contributed by atoms with van der Waals surface area (Å²) < 4.78 is 7.64. The smallest absolute Gasteiger partial charge is 0.420 e. The number of aryl methyl sites for hydroxylation is 1. The van der Waals surface area contributed by atoms with E-state index in [0.717, 1.165) is 68.1 Å². The van der Waals surface area contributed by atoms with Gasteiger partial charge in [0.2, 0.25) is 0 Å². The lowest BCUT2D eigenvalue weighted by Crippen LogP contribution is -2.44. The van der Waals surface area contributed by atoms with E-state index in [1.165, 1.54) is 24.1 Å². The lowest BCUT2D eigenvalue weighted by Gasteiger charge is -2.44. The standard InChI is InChI=1S/C30H40N6O2/c1-30(2,3)38-29(37)36-24-11-5-10-23(34-18-16-33(4)17-19-34)27(24)32-25(36)20-35-15-7-9-22-13-12-21-8-6-14-31-26(21)28(22)35/h5-6,8,10-11,14,22,28H,7,9,12-13,15-20H2,1-4H3/t22-,28-/m1/s1. The van der Waals surface area contributed by atoms with E-state index in [0.29, 0.717) is 12.5 Å². The van der Waals surface area contributed by atoms with Crippen LogP contribution in [0.4, 0.5) is 10.5 Å². The van der Waals surface area contributed by atoms with Gasteiger partial charge in [-0.3, -0.25) is 9.88 Å². The van der Waals surface area contributed by atoms with Gasteiger partial charge in [-0.1, -0.05) is 12.1 Å². The van der Waals surface area contributed by atoms with E-state index >= 15 is 0 Å². The molecule has 0 unspecified atom stereocenters. The summed E-state index contributed by atoms with van der Waals surface area (Å²) in [7, 11) is 2.16. The van der Waals surface area contributed by atoms with Crippen LogP contribution in [0, 0.1) is 5.92 Å². The Morgan fingerprint density at radius 1 is 1.05 bits per heavy atom. The molecule has 202 valence electrons. The van der Waals surface area contributed by atoms with Crippen molar-refractivity contribution in [2.24, 2.45) is 5.92 Å². The van der Waals surface area contributed by atoms with Gasteiger partial charge >= 0.3 is 6.09 Å². The number of rotatable bonds is 3. The second kappa shape index (κ2) is 9.97. The van der Waals surface area contributed by atoms with Gasteiger partial charge in [-0.25, -0.2) is 14.3 Å². The molecular formula is C30H40N6O2. The largest absolute Gasteiger partial charge is 0.443 e. The summed E-state index contributed by atoms with van der Waals surface area (Å²) in [6, 6.07) is 10.7. The molecule has 2 atom stereocenters. The first-order valence-corrected chi connectivity index (χ1v) is 14.1. The molecule has 0 radical (unpaired) electrons. The first-order valence-electron chi connectivity index (χ1n) is 14.1. The van der Waals surface area contributed by atoms with Crippen LogP contribution in [0.1, 0.15) is 63.2 Å². The molecule has 4 heterocycles. The zero-order valence-corrected chi connectivity index (χ0v) is 23.2. The zero-order valence-electron chi connectivity index (χ0n) is 23.2. The number of para-hydroxylation sites is 1. The predicted octanol–water partition coefficient (Wildman–Crippen LogP) is 4.87. The van der Waals surface area contributed by atoms with E-state index in [9.17, 15) is 4.79 Å². The van der Waals surface area contributed by atoms with Crippen LogP contribution in [-0.2, 0) is 17.7 Å². The number of ether oxygens (including phenoxy) is 1. The Hall–Kier alpha value is -2.97. The normalized spacial score (nSPS) is 22.8. The Morgan fingerprint density at radius 3 is 2.66 bits per heavy atom. The number of imidazole rings is 1. The van der Waals surface area contributed by atoms with Crippen molar-refractivity contribution >= 4 is 22.8 Å². The van der Waals surface area contributed by atoms with E-state index in [1.54, 1.807) is 4.57 Å². The molecule has 0 bridgehead atoms. The maximum absolute atomic E-state index is 13.7. The van der Waals surface area contributed by atoms with Crippen molar-refractivity contribution in [3.63, 3.8) is 0 Å². The van der Waals surface area contributed by atoms with Crippen LogP contribution < -0.4 is 4.90 Å². The second-order valence-electron chi connectivity index (χ2n) is 12.2. The van der Waals surface area contributed by atoms with Gasteiger partial charge in [0, 0.05) is 32.4 Å². The van der Waals surface area contributed by atoms with Gasteiger partial charge in [-0.05, 0) is 89.7 Å². The van der Waals surface area contributed by atoms with Gasteiger partial charge in [-0.2, -0.15) is 0 Å². The summed E-state index contributed by atoms with van der Waals surface area (Å²) in [5.41, 5.74) is 4.78. The van der Waals surface area contributed by atoms with E-state index in [4.69, 9.17) is 14.7 Å². The molecule has 2 saturated heterocycles. The molecule has 6 rings (SSSR count). The third-order valence-corrected chi connectivity index (χ3v) is 8.35. The van der Waals surface area contributed by atoms with Crippen molar-refractivity contribution in [2.75, 3.05) is 44.7 Å². The predicted molar refractivity (Wildman–Crippen MR) is 150 cm³/mol. The number of piperazine rings is 1. The van der Waals surface area contributed by atoms with Crippen LogP contribution in [-0.4, -0.2) is 75.8 Å². The van der Waals surface area contributed by atoms with Gasteiger partial charge in [0.15, 0.2) is 0 Å². The van der Waals surface area contributed by atoms with Crippen LogP contribution in [0.25, 0.3) is 11.0 Å². The number of carbonyl (C=O) groups is 1. The number of pyridine rings is 1. The molecule has 1 aliphatic carbocycles. The van der Waals surface area contributed by atoms with E-state index < -0.39 is 5.60 Å². The average molecular weight is 517 g/mol. The lowest BCUT2D eigenvalue weighted by molar-refractivity contribution is 0.0497. The monoisotopic (exact) mass is 516 g/mol. The minimum absolute atomic E-state index is 0.262. The zero-order chi connectivity index (χ0) is 26.4. The van der Waals surface area contributed by atoms with Crippen LogP contribution in [0.2, 0.25) is 0 Å². The second-order valence-corrected chi connectivity index (χ2v) is 12.2. The Balaban J connectivity index is 1.41. The molecule has 3 aromatic rings. The molecule has 3 aliphatic rings. The molecule has 2 aliphatic heterocycles. The molecule has 0 amide bonds. The first-order chi connectivity index (χ1) is 18.3. The van der Waals surface area contributed by atoms with Crippen molar-refractivity contribution < 1.29 is 9.53 Å². The lowest BCUT2D eigenvalue weighted by atomic mass is 9.77. The highest BCUT2D eigenvalue weighted by molar-refractivity contribution is 5.95. The van der Waals surface area contributed by atoms with Crippen molar-refractivity contribution in [3.8, 4) is 0 Å². The number of likely N-dealkylation sites (N-methyl/N-ethyl adjacent to an activating group) is 1. The molecule has 0 saturated carbocycles. The number of fused-ring (bicyclic) bond motifs is 4. The molecule has 38 heavy (non-hydrogen) atoms. The van der Waals surface area contributed by atoms with Gasteiger partial charge < -0.3 is 14.5 Å². The number of aromatic nitrogens is 3. The first kappa shape index (κ1) is 25.3. The van der Waals surface area contributed by atoms with Crippen molar-refractivity contribution in [2.45, 2.75) is 64.6 Å². The third kappa shape index (κ3) is 4.80. The number of carbonyl (C=O) groups excluding carboxylic acids is 1. The number of nitrogens with zero attached hydrogens (tertiary/aromatic N) is 6. The summed E-state index contributed by atoms with van der Waals surface area (Å²) in [5.74, 6) is 1.34. The number of benzene rings is 1. The minimum atomic E-state index is -0.595. The van der Waals surface area contributed by atoms with Crippen LogP contribution >= 0.6 is 0 Å². The highest BCUT2D eigenvalue weighted by Gasteiger charge is 2.38. The summed E-state index contributed by atoms with van der Waals surface area (Å²) in [4.78, 5) is 31.0. The Morgan fingerprint density at radius 2 is 1.87 bits per heavy atom. The van der Waals surface area contributed by atoms with E-state index in [2.05, 4.69) is 33.9 Å². The van der Waals surface area contributed by atoms with Crippen molar-refractivity contribution in [1.29, 1.82) is 0 Å². The van der Waals surface area contributed by atoms with Crippen molar-refractivity contribution in [1.82, 2.24) is 24.3 Å². The van der Waals surface area contributed by atoms with Gasteiger partial charge in [0.05, 0.1) is 29.5 Å². The molecule has 2 fully saturated rings. The van der Waals surface area contributed by atoms with Crippen molar-refractivity contribution in [3.05, 3.63) is 53.6 Å². The summed E-state index contributed by atoms with van der Waals surface area (Å²) in [6.07, 6.45) is 6.24. The van der Waals surface area contributed by atoms with Crippen LogP contribution in [0.3, 0.4) is 0 Å². The van der Waals surface area contributed by atoms with Gasteiger partial charge in [-0.15, -0.1) is 0 Å². The fourth-order valence-electron chi connectivity index (χ4n) is 6.53. The van der Waals surface area contributed by atoms with Gasteiger partial charge in [0.25, 0.3) is 0 Å². The molecule has 0 spiro atoms.